The van der Waals surface area contributed by atoms with Gasteiger partial charge in [-0.25, -0.2) is 8.42 Å². The van der Waals surface area contributed by atoms with E-state index < -0.39 is 9.84 Å². The summed E-state index contributed by atoms with van der Waals surface area (Å²) in [5, 5.41) is -0.352. The van der Waals surface area contributed by atoms with Crippen LogP contribution >= 0.6 is 11.8 Å². The zero-order chi connectivity index (χ0) is 15.5. The number of ketones is 1. The van der Waals surface area contributed by atoms with E-state index in [-0.39, 0.29) is 17.0 Å². The molecule has 0 saturated heterocycles. The van der Waals surface area contributed by atoms with Gasteiger partial charge in [-0.3, -0.25) is 4.79 Å². The first-order chi connectivity index (χ1) is 9.91. The van der Waals surface area contributed by atoms with Crippen LogP contribution in [0.5, 0.6) is 0 Å². The van der Waals surface area contributed by atoms with Gasteiger partial charge in [0, 0.05) is 22.6 Å². The Morgan fingerprint density at radius 1 is 1.24 bits per heavy atom. The van der Waals surface area contributed by atoms with E-state index in [4.69, 9.17) is 0 Å². The summed E-state index contributed by atoms with van der Waals surface area (Å²) in [5.74, 6) is 0.950. The fourth-order valence-corrected chi connectivity index (χ4v) is 4.73. The molecule has 0 N–H and O–H groups in total. The highest BCUT2D eigenvalue weighted by atomic mass is 32.2. The van der Waals surface area contributed by atoms with Crippen LogP contribution in [0.4, 0.5) is 0 Å². The van der Waals surface area contributed by atoms with E-state index in [1.165, 1.54) is 6.26 Å². The van der Waals surface area contributed by atoms with Gasteiger partial charge in [0.05, 0.1) is 5.25 Å². The number of benzene rings is 1. The highest BCUT2D eigenvalue weighted by Gasteiger charge is 2.32. The molecule has 0 spiro atoms. The summed E-state index contributed by atoms with van der Waals surface area (Å²) in [6, 6.07) is 7.67. The van der Waals surface area contributed by atoms with Crippen LogP contribution in [0.3, 0.4) is 0 Å². The molecule has 0 bridgehead atoms. The molecule has 0 aliphatic heterocycles. The number of rotatable bonds is 5. The average molecular weight is 326 g/mol. The van der Waals surface area contributed by atoms with Crippen molar-refractivity contribution in [3.8, 4) is 0 Å². The minimum absolute atomic E-state index is 0.0939. The molecule has 116 valence electrons. The van der Waals surface area contributed by atoms with Crippen LogP contribution in [0.15, 0.2) is 29.2 Å². The first kappa shape index (κ1) is 16.6. The molecule has 1 aliphatic carbocycles. The molecule has 0 radical (unpaired) electrons. The number of thioether (sulfide) groups is 1. The molecular formula is C16H22O3S2. The Balaban J connectivity index is 2.08. The lowest BCUT2D eigenvalue weighted by Gasteiger charge is -2.27. The third kappa shape index (κ3) is 4.33. The molecule has 1 aromatic carbocycles. The maximum atomic E-state index is 12.5. The summed E-state index contributed by atoms with van der Waals surface area (Å²) in [4.78, 5) is 13.7. The highest BCUT2D eigenvalue weighted by Crippen LogP contribution is 2.31. The van der Waals surface area contributed by atoms with Crippen molar-refractivity contribution in [3.05, 3.63) is 29.8 Å². The Morgan fingerprint density at radius 2 is 1.90 bits per heavy atom. The molecule has 2 unspecified atom stereocenters. The minimum Gasteiger partial charge on any atom is -0.294 e. The van der Waals surface area contributed by atoms with E-state index in [9.17, 15) is 13.2 Å². The average Bonchev–Trinajstić information content (AvgIpc) is 2.47. The van der Waals surface area contributed by atoms with Crippen molar-refractivity contribution in [1.82, 2.24) is 0 Å². The SMILES string of the molecule is CCSc1ccc(C(=O)C2CCCC(S(C)(=O)=O)C2)cc1. The Kier molecular flexibility index (Phi) is 5.49. The largest absolute Gasteiger partial charge is 0.294 e. The van der Waals surface area contributed by atoms with Gasteiger partial charge in [0.25, 0.3) is 0 Å². The predicted octanol–water partition coefficient (Wildman–Crippen LogP) is 3.58. The summed E-state index contributed by atoms with van der Waals surface area (Å²) < 4.78 is 23.4. The predicted molar refractivity (Wildman–Crippen MR) is 87.8 cm³/mol. The Bertz CT molecular complexity index is 590. The van der Waals surface area contributed by atoms with Crippen molar-refractivity contribution in [2.75, 3.05) is 12.0 Å². The van der Waals surface area contributed by atoms with Gasteiger partial charge in [-0.2, -0.15) is 0 Å². The van der Waals surface area contributed by atoms with Crippen LogP contribution in [0.25, 0.3) is 0 Å². The van der Waals surface area contributed by atoms with Gasteiger partial charge in [-0.15, -0.1) is 11.8 Å². The Hall–Kier alpha value is -0.810. The van der Waals surface area contributed by atoms with Gasteiger partial charge >= 0.3 is 0 Å². The van der Waals surface area contributed by atoms with E-state index >= 15 is 0 Å². The van der Waals surface area contributed by atoms with E-state index in [1.807, 2.05) is 24.3 Å². The molecule has 21 heavy (non-hydrogen) atoms. The quantitative estimate of drug-likeness (QED) is 0.613. The summed E-state index contributed by atoms with van der Waals surface area (Å²) in [5.41, 5.74) is 0.703. The lowest BCUT2D eigenvalue weighted by molar-refractivity contribution is 0.0891. The van der Waals surface area contributed by atoms with Crippen molar-refractivity contribution in [1.29, 1.82) is 0 Å². The third-order valence-electron chi connectivity index (χ3n) is 4.05. The van der Waals surface area contributed by atoms with E-state index in [0.717, 1.165) is 23.5 Å². The fraction of sp³-hybridized carbons (Fsp3) is 0.562. The normalized spacial score (nSPS) is 23.0. The lowest BCUT2D eigenvalue weighted by Crippen LogP contribution is -2.31. The van der Waals surface area contributed by atoms with Gasteiger partial charge < -0.3 is 0 Å². The number of Topliss-reactive ketones (excluding diaryl/α,β-unsaturated/α-hetero) is 1. The molecule has 3 nitrogen and oxygen atoms in total. The third-order valence-corrected chi connectivity index (χ3v) is 6.59. The van der Waals surface area contributed by atoms with E-state index in [1.54, 1.807) is 11.8 Å². The number of hydrogen-bond donors (Lipinski definition) is 0. The van der Waals surface area contributed by atoms with Gasteiger partial charge in [0.2, 0.25) is 0 Å². The Morgan fingerprint density at radius 3 is 2.48 bits per heavy atom. The monoisotopic (exact) mass is 326 g/mol. The maximum absolute atomic E-state index is 12.5. The van der Waals surface area contributed by atoms with Crippen LogP contribution in [0.1, 0.15) is 43.0 Å². The smallest absolute Gasteiger partial charge is 0.165 e. The maximum Gasteiger partial charge on any atom is 0.165 e. The fourth-order valence-electron chi connectivity index (χ4n) is 2.89. The first-order valence-corrected chi connectivity index (χ1v) is 10.3. The summed E-state index contributed by atoms with van der Waals surface area (Å²) in [6.07, 6.45) is 4.06. The molecule has 2 rings (SSSR count). The van der Waals surface area contributed by atoms with Crippen molar-refractivity contribution in [2.45, 2.75) is 42.8 Å². The number of sulfone groups is 1. The summed E-state index contributed by atoms with van der Waals surface area (Å²) >= 11 is 1.74. The molecule has 5 heteroatoms. The molecule has 1 aliphatic rings. The minimum atomic E-state index is -3.04. The molecule has 1 fully saturated rings. The van der Waals surface area contributed by atoms with E-state index in [0.29, 0.717) is 18.4 Å². The van der Waals surface area contributed by atoms with E-state index in [2.05, 4.69) is 6.92 Å². The number of carbonyl (C=O) groups is 1. The van der Waals surface area contributed by atoms with Crippen molar-refractivity contribution in [3.63, 3.8) is 0 Å². The second-order valence-electron chi connectivity index (χ2n) is 5.64. The summed E-state index contributed by atoms with van der Waals surface area (Å²) in [7, 11) is -3.04. The lowest BCUT2D eigenvalue weighted by atomic mass is 9.83. The van der Waals surface area contributed by atoms with Gasteiger partial charge in [-0.1, -0.05) is 25.5 Å². The zero-order valence-corrected chi connectivity index (χ0v) is 14.2. The Labute approximate surface area is 131 Å². The molecule has 1 aromatic rings. The standard InChI is InChI=1S/C16H22O3S2/c1-3-20-14-9-7-12(8-10-14)16(17)13-5-4-6-15(11-13)21(2,18)19/h7-10,13,15H,3-6,11H2,1-2H3. The van der Waals surface area contributed by atoms with Crippen LogP contribution in [0, 0.1) is 5.92 Å². The molecule has 0 aromatic heterocycles. The second-order valence-corrected chi connectivity index (χ2v) is 9.30. The van der Waals surface area contributed by atoms with Crippen molar-refractivity contribution >= 4 is 27.4 Å². The number of carbonyl (C=O) groups excluding carboxylic acids is 1. The zero-order valence-electron chi connectivity index (χ0n) is 12.5. The molecule has 0 amide bonds. The molecule has 1 saturated carbocycles. The van der Waals surface area contributed by atoms with Crippen LogP contribution < -0.4 is 0 Å². The van der Waals surface area contributed by atoms with Crippen LogP contribution in [0.2, 0.25) is 0 Å². The van der Waals surface area contributed by atoms with Gasteiger partial charge in [0.1, 0.15) is 9.84 Å². The van der Waals surface area contributed by atoms with Gasteiger partial charge in [0.15, 0.2) is 5.78 Å². The molecular weight excluding hydrogens is 304 g/mol. The van der Waals surface area contributed by atoms with Crippen LogP contribution in [-0.2, 0) is 9.84 Å². The first-order valence-electron chi connectivity index (χ1n) is 7.37. The molecule has 2 atom stereocenters. The van der Waals surface area contributed by atoms with Crippen LogP contribution in [-0.4, -0.2) is 31.5 Å². The number of hydrogen-bond acceptors (Lipinski definition) is 4. The molecule has 0 heterocycles. The summed E-state index contributed by atoms with van der Waals surface area (Å²) in [6.45, 7) is 2.09. The van der Waals surface area contributed by atoms with Crippen molar-refractivity contribution < 1.29 is 13.2 Å². The highest BCUT2D eigenvalue weighted by molar-refractivity contribution is 7.99. The van der Waals surface area contributed by atoms with Gasteiger partial charge in [-0.05, 0) is 37.1 Å². The topological polar surface area (TPSA) is 51.2 Å². The van der Waals surface area contributed by atoms with Crippen molar-refractivity contribution in [2.24, 2.45) is 5.92 Å². The second kappa shape index (κ2) is 6.97.